The zero-order valence-corrected chi connectivity index (χ0v) is 14.2. The molecule has 1 aromatic carbocycles. The summed E-state index contributed by atoms with van der Waals surface area (Å²) in [4.78, 5) is 44.2. The van der Waals surface area contributed by atoms with Crippen LogP contribution < -0.4 is 10.3 Å². The number of ether oxygens (including phenoxy) is 1. The van der Waals surface area contributed by atoms with Crippen LogP contribution in [0.5, 0.6) is 5.75 Å². The molecule has 0 aliphatic rings. The van der Waals surface area contributed by atoms with Crippen molar-refractivity contribution in [2.45, 2.75) is 19.5 Å². The number of rotatable bonds is 4. The highest BCUT2D eigenvalue weighted by atomic mass is 19.4. The monoisotopic (exact) mass is 395 g/mol. The molecule has 11 heteroatoms. The van der Waals surface area contributed by atoms with Gasteiger partial charge in [-0.1, -0.05) is 13.0 Å². The van der Waals surface area contributed by atoms with Gasteiger partial charge in [0.25, 0.3) is 5.56 Å². The van der Waals surface area contributed by atoms with Crippen molar-refractivity contribution in [2.75, 3.05) is 0 Å². The van der Waals surface area contributed by atoms with Crippen LogP contribution >= 0.6 is 0 Å². The normalized spacial score (nSPS) is 11.6. The number of carbonyl (C=O) groups excluding carboxylic acids is 1. The van der Waals surface area contributed by atoms with Crippen molar-refractivity contribution in [3.63, 3.8) is 0 Å². The van der Waals surface area contributed by atoms with Crippen LogP contribution in [-0.4, -0.2) is 38.2 Å². The molecule has 0 radical (unpaired) electrons. The summed E-state index contributed by atoms with van der Waals surface area (Å²) in [5.41, 5.74) is -0.749. The number of alkyl halides is 3. The van der Waals surface area contributed by atoms with Gasteiger partial charge in [-0.05, 0) is 18.6 Å². The van der Waals surface area contributed by atoms with Crippen LogP contribution in [0.3, 0.4) is 0 Å². The lowest BCUT2D eigenvalue weighted by atomic mass is 10.00. The lowest BCUT2D eigenvalue weighted by Gasteiger charge is -2.16. The minimum absolute atomic E-state index is 0.0200. The number of hydrogen-bond acceptors (Lipinski definition) is 5. The Bertz CT molecular complexity index is 1150. The second-order valence-corrected chi connectivity index (χ2v) is 5.69. The predicted octanol–water partition coefficient (Wildman–Crippen LogP) is 2.65. The van der Waals surface area contributed by atoms with Crippen LogP contribution in [0.25, 0.3) is 22.3 Å². The Balaban J connectivity index is 2.28. The summed E-state index contributed by atoms with van der Waals surface area (Å²) < 4.78 is 42.3. The molecule has 0 fully saturated rings. The minimum atomic E-state index is -5.36. The zero-order valence-electron chi connectivity index (χ0n) is 14.2. The number of esters is 1. The van der Waals surface area contributed by atoms with Gasteiger partial charge in [0, 0.05) is 11.1 Å². The standard InChI is InChI=1S/C17H12F3N3O5/c1-2-8-12(7-3-4-9-10(5-7)22-6-21-9)23-14(24)11(15(25)26)13(8)28-16(27)17(18,19)20/h3-6H,2H2,1H3,(H,21,22)(H,23,24)(H,25,26). The molecule has 146 valence electrons. The highest BCUT2D eigenvalue weighted by molar-refractivity contribution is 5.94. The molecule has 28 heavy (non-hydrogen) atoms. The number of pyridine rings is 1. The Morgan fingerprint density at radius 3 is 2.61 bits per heavy atom. The van der Waals surface area contributed by atoms with Gasteiger partial charge in [-0.2, -0.15) is 13.2 Å². The number of nitrogens with one attached hydrogen (secondary N) is 2. The number of fused-ring (bicyclic) bond motifs is 1. The number of carbonyl (C=O) groups is 2. The molecule has 0 saturated heterocycles. The minimum Gasteiger partial charge on any atom is -0.477 e. The SMILES string of the molecule is CCc1c(-c2ccc3nc[nH]c3c2)[nH]c(=O)c(C(=O)O)c1OC(=O)C(F)(F)F. The third kappa shape index (κ3) is 3.33. The number of H-pyrrole nitrogens is 2. The maximum absolute atomic E-state index is 12.6. The van der Waals surface area contributed by atoms with Crippen LogP contribution in [-0.2, 0) is 11.2 Å². The topological polar surface area (TPSA) is 125 Å². The molecule has 3 aromatic rings. The van der Waals surface area contributed by atoms with E-state index >= 15 is 0 Å². The van der Waals surface area contributed by atoms with E-state index in [9.17, 15) is 32.7 Å². The van der Waals surface area contributed by atoms with Crippen LogP contribution in [0.4, 0.5) is 13.2 Å². The number of aromatic amines is 2. The summed E-state index contributed by atoms with van der Waals surface area (Å²) in [5.74, 6) is -5.37. The number of carboxylic acid groups (broad SMARTS) is 1. The van der Waals surface area contributed by atoms with Crippen LogP contribution in [0.1, 0.15) is 22.8 Å². The predicted molar refractivity (Wildman–Crippen MR) is 90.2 cm³/mol. The number of nitrogens with zero attached hydrogens (tertiary/aromatic N) is 1. The number of carboxylic acids is 1. The van der Waals surface area contributed by atoms with Gasteiger partial charge in [0.05, 0.1) is 23.1 Å². The molecular weight excluding hydrogens is 383 g/mol. The van der Waals surface area contributed by atoms with Crippen molar-refractivity contribution >= 4 is 23.0 Å². The third-order valence-electron chi connectivity index (χ3n) is 3.97. The Morgan fingerprint density at radius 1 is 1.29 bits per heavy atom. The summed E-state index contributed by atoms with van der Waals surface area (Å²) in [5, 5.41) is 9.25. The summed E-state index contributed by atoms with van der Waals surface area (Å²) in [6.45, 7) is 1.52. The van der Waals surface area contributed by atoms with Gasteiger partial charge in [0.2, 0.25) is 0 Å². The molecule has 0 bridgehead atoms. The first-order chi connectivity index (χ1) is 13.1. The largest absolute Gasteiger partial charge is 0.491 e. The molecule has 0 spiro atoms. The second kappa shape index (κ2) is 6.83. The summed E-state index contributed by atoms with van der Waals surface area (Å²) in [7, 11) is 0. The van der Waals surface area contributed by atoms with E-state index in [1.54, 1.807) is 18.2 Å². The van der Waals surface area contributed by atoms with Crippen LogP contribution in [0.15, 0.2) is 29.3 Å². The molecule has 0 aliphatic heterocycles. The number of imidazole rings is 1. The van der Waals surface area contributed by atoms with Gasteiger partial charge >= 0.3 is 18.1 Å². The maximum atomic E-state index is 12.6. The summed E-state index contributed by atoms with van der Waals surface area (Å²) >= 11 is 0. The highest BCUT2D eigenvalue weighted by Crippen LogP contribution is 2.33. The number of aromatic nitrogens is 3. The van der Waals surface area contributed by atoms with Crippen LogP contribution in [0, 0.1) is 0 Å². The smallest absolute Gasteiger partial charge is 0.477 e. The Labute approximate surface area is 154 Å². The molecule has 3 N–H and O–H groups in total. The van der Waals surface area contributed by atoms with E-state index in [4.69, 9.17) is 0 Å². The molecule has 0 atom stereocenters. The molecule has 0 aliphatic carbocycles. The van der Waals surface area contributed by atoms with Crippen molar-refractivity contribution in [2.24, 2.45) is 0 Å². The molecular formula is C17H12F3N3O5. The lowest BCUT2D eigenvalue weighted by molar-refractivity contribution is -0.189. The van der Waals surface area contributed by atoms with E-state index in [2.05, 4.69) is 19.7 Å². The molecule has 8 nitrogen and oxygen atoms in total. The number of aromatic carboxylic acids is 1. The number of halogens is 3. The summed E-state index contributed by atoms with van der Waals surface area (Å²) in [6.07, 6.45) is -3.95. The average Bonchev–Trinajstić information content (AvgIpc) is 3.07. The van der Waals surface area contributed by atoms with Crippen LogP contribution in [0.2, 0.25) is 0 Å². The van der Waals surface area contributed by atoms with Gasteiger partial charge in [-0.15, -0.1) is 0 Å². The number of hydrogen-bond donors (Lipinski definition) is 3. The molecule has 0 amide bonds. The first-order valence-corrected chi connectivity index (χ1v) is 7.88. The first kappa shape index (κ1) is 19.1. The van der Waals surface area contributed by atoms with E-state index in [0.29, 0.717) is 16.6 Å². The Hall–Kier alpha value is -3.63. The van der Waals surface area contributed by atoms with E-state index in [1.165, 1.54) is 13.3 Å². The third-order valence-corrected chi connectivity index (χ3v) is 3.97. The second-order valence-electron chi connectivity index (χ2n) is 5.69. The van der Waals surface area contributed by atoms with Gasteiger partial charge in [-0.3, -0.25) is 4.79 Å². The van der Waals surface area contributed by atoms with E-state index in [0.717, 1.165) is 0 Å². The zero-order chi connectivity index (χ0) is 20.6. The van der Waals surface area contributed by atoms with Crippen molar-refractivity contribution in [3.05, 3.63) is 46.0 Å². The van der Waals surface area contributed by atoms with Crippen molar-refractivity contribution in [3.8, 4) is 17.0 Å². The fourth-order valence-electron chi connectivity index (χ4n) is 2.75. The molecule has 0 saturated carbocycles. The van der Waals surface area contributed by atoms with Gasteiger partial charge in [0.15, 0.2) is 11.3 Å². The highest BCUT2D eigenvalue weighted by Gasteiger charge is 2.42. The molecule has 3 rings (SSSR count). The van der Waals surface area contributed by atoms with E-state index < -0.39 is 35.0 Å². The fourth-order valence-corrected chi connectivity index (χ4v) is 2.75. The molecule has 2 aromatic heterocycles. The van der Waals surface area contributed by atoms with Crippen molar-refractivity contribution in [1.82, 2.24) is 15.0 Å². The fraction of sp³-hybridized carbons (Fsp3) is 0.176. The van der Waals surface area contributed by atoms with Crippen molar-refractivity contribution in [1.29, 1.82) is 0 Å². The maximum Gasteiger partial charge on any atom is 0.491 e. The van der Waals surface area contributed by atoms with E-state index in [-0.39, 0.29) is 17.7 Å². The van der Waals surface area contributed by atoms with E-state index in [1.807, 2.05) is 0 Å². The quantitative estimate of drug-likeness (QED) is 0.583. The lowest BCUT2D eigenvalue weighted by Crippen LogP contribution is -2.31. The van der Waals surface area contributed by atoms with Gasteiger partial charge in [0.1, 0.15) is 0 Å². The Kier molecular flexibility index (Phi) is 4.67. The first-order valence-electron chi connectivity index (χ1n) is 7.88. The average molecular weight is 395 g/mol. The van der Waals surface area contributed by atoms with Gasteiger partial charge in [-0.25, -0.2) is 14.6 Å². The van der Waals surface area contributed by atoms with Gasteiger partial charge < -0.3 is 19.8 Å². The molecule has 0 unspecified atom stereocenters. The van der Waals surface area contributed by atoms with Crippen molar-refractivity contribution < 1.29 is 32.6 Å². The molecule has 2 heterocycles. The Morgan fingerprint density at radius 2 is 2.00 bits per heavy atom. The number of benzene rings is 1. The summed E-state index contributed by atoms with van der Waals surface area (Å²) in [6, 6.07) is 4.72.